The van der Waals surface area contributed by atoms with Crippen LogP contribution in [0.1, 0.15) is 39.7 Å². The minimum atomic E-state index is -0.434. The van der Waals surface area contributed by atoms with Crippen LogP contribution in [0.4, 0.5) is 5.69 Å². The van der Waals surface area contributed by atoms with Crippen molar-refractivity contribution in [1.29, 1.82) is 5.26 Å². The predicted molar refractivity (Wildman–Crippen MR) is 100 cm³/mol. The molecule has 0 saturated heterocycles. The lowest BCUT2D eigenvalue weighted by molar-refractivity contribution is -0.119. The minimum absolute atomic E-state index is 0.320. The van der Waals surface area contributed by atoms with Crippen molar-refractivity contribution in [2.45, 2.75) is 32.6 Å². The molecule has 1 heterocycles. The molecule has 6 heteroatoms. The molecule has 1 atom stereocenters. The van der Waals surface area contributed by atoms with E-state index in [0.29, 0.717) is 23.6 Å². The van der Waals surface area contributed by atoms with E-state index in [1.807, 2.05) is 5.38 Å². The molecular formula is C20H20N2O3S. The quantitative estimate of drug-likeness (QED) is 0.816. The van der Waals surface area contributed by atoms with Crippen LogP contribution in [-0.2, 0) is 28.8 Å². The molecule has 1 N–H and O–H groups in total. The smallest absolute Gasteiger partial charge is 0.339 e. The van der Waals surface area contributed by atoms with Crippen molar-refractivity contribution in [3.05, 3.63) is 51.2 Å². The van der Waals surface area contributed by atoms with E-state index in [4.69, 9.17) is 10.00 Å². The van der Waals surface area contributed by atoms with Crippen molar-refractivity contribution in [2.24, 2.45) is 5.92 Å². The number of anilines is 1. The van der Waals surface area contributed by atoms with Gasteiger partial charge < -0.3 is 10.1 Å². The minimum Gasteiger partial charge on any atom is -0.452 e. The third-order valence-corrected chi connectivity index (χ3v) is 5.53. The van der Waals surface area contributed by atoms with Gasteiger partial charge in [0.2, 0.25) is 0 Å². The molecule has 26 heavy (non-hydrogen) atoms. The first-order valence-corrected chi connectivity index (χ1v) is 9.47. The largest absolute Gasteiger partial charge is 0.452 e. The summed E-state index contributed by atoms with van der Waals surface area (Å²) < 4.78 is 5.19. The molecule has 1 amide bonds. The fourth-order valence-electron chi connectivity index (χ4n) is 3.05. The molecule has 0 radical (unpaired) electrons. The number of fused-ring (bicyclic) bond motifs is 1. The van der Waals surface area contributed by atoms with Crippen LogP contribution in [0, 0.1) is 17.2 Å². The molecule has 1 aliphatic carbocycles. The maximum absolute atomic E-state index is 12.3. The van der Waals surface area contributed by atoms with Crippen molar-refractivity contribution in [3.63, 3.8) is 0 Å². The van der Waals surface area contributed by atoms with Gasteiger partial charge in [0, 0.05) is 15.9 Å². The molecule has 1 aromatic heterocycles. The lowest BCUT2D eigenvalue weighted by Gasteiger charge is -2.18. The fraction of sp³-hybridized carbons (Fsp3) is 0.350. The van der Waals surface area contributed by atoms with Gasteiger partial charge in [0.15, 0.2) is 6.61 Å². The standard InChI is InChI=1S/C20H20N2O3S/c1-13-2-7-16-17(12-26-18(16)10-13)20(24)25-11-19(23)22-15-5-3-14(4-6-15)8-9-21/h3-6,12-13H,2,7-8,10-11H2,1H3,(H,22,23). The summed E-state index contributed by atoms with van der Waals surface area (Å²) >= 11 is 1.60. The molecular weight excluding hydrogens is 348 g/mol. The van der Waals surface area contributed by atoms with Gasteiger partial charge in [-0.3, -0.25) is 4.79 Å². The van der Waals surface area contributed by atoms with E-state index in [9.17, 15) is 9.59 Å². The highest BCUT2D eigenvalue weighted by molar-refractivity contribution is 7.10. The number of nitriles is 1. The van der Waals surface area contributed by atoms with Crippen LogP contribution < -0.4 is 5.32 Å². The van der Waals surface area contributed by atoms with E-state index in [2.05, 4.69) is 18.3 Å². The lowest BCUT2D eigenvalue weighted by atomic mass is 9.88. The maximum Gasteiger partial charge on any atom is 0.339 e. The average molecular weight is 368 g/mol. The van der Waals surface area contributed by atoms with E-state index in [0.717, 1.165) is 30.4 Å². The summed E-state index contributed by atoms with van der Waals surface area (Å²) in [6, 6.07) is 9.08. The summed E-state index contributed by atoms with van der Waals surface area (Å²) in [6.45, 7) is 1.90. The van der Waals surface area contributed by atoms with Gasteiger partial charge in [-0.25, -0.2) is 4.79 Å². The van der Waals surface area contributed by atoms with E-state index < -0.39 is 5.97 Å². The number of esters is 1. The Hall–Kier alpha value is -2.65. The molecule has 134 valence electrons. The van der Waals surface area contributed by atoms with Crippen LogP contribution in [0.2, 0.25) is 0 Å². The van der Waals surface area contributed by atoms with Gasteiger partial charge in [-0.15, -0.1) is 11.3 Å². The first-order valence-electron chi connectivity index (χ1n) is 8.59. The van der Waals surface area contributed by atoms with Gasteiger partial charge in [0.25, 0.3) is 5.91 Å². The van der Waals surface area contributed by atoms with Gasteiger partial charge in [0.05, 0.1) is 18.1 Å². The lowest BCUT2D eigenvalue weighted by Crippen LogP contribution is -2.21. The number of thiophene rings is 1. The van der Waals surface area contributed by atoms with Crippen LogP contribution in [0.3, 0.4) is 0 Å². The Kier molecular flexibility index (Phi) is 5.69. The second-order valence-corrected chi connectivity index (χ2v) is 7.52. The first-order chi connectivity index (χ1) is 12.6. The Morgan fingerprint density at radius 1 is 1.35 bits per heavy atom. The van der Waals surface area contributed by atoms with Gasteiger partial charge in [-0.05, 0) is 48.4 Å². The zero-order chi connectivity index (χ0) is 18.5. The predicted octanol–water partition coefficient (Wildman–Crippen LogP) is 3.73. The molecule has 1 unspecified atom stereocenters. The molecule has 1 aliphatic rings. The highest BCUT2D eigenvalue weighted by atomic mass is 32.1. The topological polar surface area (TPSA) is 79.2 Å². The number of hydrogen-bond acceptors (Lipinski definition) is 5. The van der Waals surface area contributed by atoms with Crippen molar-refractivity contribution >= 4 is 28.9 Å². The van der Waals surface area contributed by atoms with Crippen LogP contribution in [0.5, 0.6) is 0 Å². The highest BCUT2D eigenvalue weighted by Crippen LogP contribution is 2.33. The normalized spacial score (nSPS) is 15.6. The summed E-state index contributed by atoms with van der Waals surface area (Å²) in [5.74, 6) is -0.170. The molecule has 0 fully saturated rings. The summed E-state index contributed by atoms with van der Waals surface area (Å²) in [5.41, 5.74) is 3.18. The SMILES string of the molecule is CC1CCc2c(C(=O)OCC(=O)Nc3ccc(CC#N)cc3)csc2C1. The van der Waals surface area contributed by atoms with Crippen LogP contribution in [0.15, 0.2) is 29.6 Å². The number of ether oxygens (including phenoxy) is 1. The Balaban J connectivity index is 1.53. The Morgan fingerprint density at radius 3 is 2.85 bits per heavy atom. The van der Waals surface area contributed by atoms with Crippen LogP contribution in [-0.4, -0.2) is 18.5 Å². The van der Waals surface area contributed by atoms with Gasteiger partial charge in [-0.1, -0.05) is 19.1 Å². The van der Waals surface area contributed by atoms with Crippen molar-refractivity contribution in [1.82, 2.24) is 0 Å². The fourth-order valence-corrected chi connectivity index (χ4v) is 4.29. The Bertz CT molecular complexity index is 849. The van der Waals surface area contributed by atoms with Crippen LogP contribution in [0.25, 0.3) is 0 Å². The Morgan fingerprint density at radius 2 is 2.12 bits per heavy atom. The zero-order valence-corrected chi connectivity index (χ0v) is 15.4. The zero-order valence-electron chi connectivity index (χ0n) is 14.6. The number of benzene rings is 1. The third-order valence-electron chi connectivity index (χ3n) is 4.48. The summed E-state index contributed by atoms with van der Waals surface area (Å²) in [7, 11) is 0. The monoisotopic (exact) mass is 368 g/mol. The summed E-state index contributed by atoms with van der Waals surface area (Å²) in [4.78, 5) is 25.6. The second-order valence-electron chi connectivity index (χ2n) is 6.56. The molecule has 1 aromatic carbocycles. The molecule has 0 bridgehead atoms. The van der Waals surface area contributed by atoms with Gasteiger partial charge in [0.1, 0.15) is 0 Å². The number of rotatable bonds is 5. The Labute approximate surface area is 156 Å². The summed E-state index contributed by atoms with van der Waals surface area (Å²) in [6.07, 6.45) is 3.31. The van der Waals surface area contributed by atoms with Crippen molar-refractivity contribution in [2.75, 3.05) is 11.9 Å². The summed E-state index contributed by atoms with van der Waals surface area (Å²) in [5, 5.41) is 13.2. The number of carbonyl (C=O) groups is 2. The molecule has 5 nitrogen and oxygen atoms in total. The number of carbonyl (C=O) groups excluding carboxylic acids is 2. The van der Waals surface area contributed by atoms with Gasteiger partial charge in [-0.2, -0.15) is 5.26 Å². The highest BCUT2D eigenvalue weighted by Gasteiger charge is 2.24. The molecule has 0 saturated carbocycles. The third kappa shape index (κ3) is 4.30. The number of amides is 1. The first kappa shape index (κ1) is 18.2. The molecule has 2 aromatic rings. The van der Waals surface area contributed by atoms with E-state index in [1.165, 1.54) is 4.88 Å². The van der Waals surface area contributed by atoms with E-state index >= 15 is 0 Å². The number of nitrogens with one attached hydrogen (secondary N) is 1. The number of hydrogen-bond donors (Lipinski definition) is 1. The second kappa shape index (κ2) is 8.15. The molecule has 3 rings (SSSR count). The number of nitrogens with zero attached hydrogens (tertiary/aromatic N) is 1. The maximum atomic E-state index is 12.3. The van der Waals surface area contributed by atoms with Gasteiger partial charge >= 0.3 is 5.97 Å². The van der Waals surface area contributed by atoms with E-state index in [-0.39, 0.29) is 12.5 Å². The van der Waals surface area contributed by atoms with Crippen molar-refractivity contribution < 1.29 is 14.3 Å². The molecule has 0 spiro atoms. The van der Waals surface area contributed by atoms with Crippen molar-refractivity contribution in [3.8, 4) is 6.07 Å². The van der Waals surface area contributed by atoms with Crippen LogP contribution >= 0.6 is 11.3 Å². The average Bonchev–Trinajstić information content (AvgIpc) is 3.04. The molecule has 0 aliphatic heterocycles. The van der Waals surface area contributed by atoms with E-state index in [1.54, 1.807) is 35.6 Å².